The fourth-order valence-corrected chi connectivity index (χ4v) is 1.01. The van der Waals surface area contributed by atoms with Crippen LogP contribution in [0.15, 0.2) is 24.3 Å². The van der Waals surface area contributed by atoms with E-state index >= 15 is 0 Å². The highest BCUT2D eigenvalue weighted by Crippen LogP contribution is 2.11. The van der Waals surface area contributed by atoms with Crippen LogP contribution in [0.2, 0.25) is 0 Å². The molecule has 0 atom stereocenters. The molecule has 0 aliphatic heterocycles. The molecule has 1 rings (SSSR count). The lowest BCUT2D eigenvalue weighted by Gasteiger charge is -2.03. The van der Waals surface area contributed by atoms with Crippen LogP contribution < -0.4 is 4.74 Å². The Morgan fingerprint density at radius 1 is 1.29 bits per heavy atom. The minimum atomic E-state index is -0.283. The van der Waals surface area contributed by atoms with Gasteiger partial charge in [-0.25, -0.2) is 4.79 Å². The van der Waals surface area contributed by atoms with Crippen LogP contribution in [0.25, 0.3) is 0 Å². The van der Waals surface area contributed by atoms with Gasteiger partial charge in [0.2, 0.25) is 0 Å². The highest BCUT2D eigenvalue weighted by Gasteiger charge is 2.05. The molecule has 0 saturated heterocycles. The van der Waals surface area contributed by atoms with Crippen molar-refractivity contribution in [1.29, 1.82) is 0 Å². The summed E-state index contributed by atoms with van der Waals surface area (Å²) >= 11 is 0. The van der Waals surface area contributed by atoms with Crippen LogP contribution in [0, 0.1) is 0 Å². The zero-order valence-electron chi connectivity index (χ0n) is 8.45. The highest BCUT2D eigenvalue weighted by molar-refractivity contribution is 5.89. The number of carbonyl (C=O) groups is 1. The Bertz CT molecular complexity index is 290. The SMILES string of the molecule is CCCOC(=O)c1ccc(OC)cc1. The Morgan fingerprint density at radius 3 is 2.43 bits per heavy atom. The molecule has 0 spiro atoms. The van der Waals surface area contributed by atoms with Crippen molar-refractivity contribution < 1.29 is 14.3 Å². The van der Waals surface area contributed by atoms with Crippen LogP contribution in [-0.2, 0) is 4.74 Å². The second kappa shape index (κ2) is 5.27. The van der Waals surface area contributed by atoms with E-state index in [1.165, 1.54) is 0 Å². The molecule has 3 nitrogen and oxygen atoms in total. The number of benzene rings is 1. The summed E-state index contributed by atoms with van der Waals surface area (Å²) in [5, 5.41) is 0. The summed E-state index contributed by atoms with van der Waals surface area (Å²) in [5.41, 5.74) is 0.555. The van der Waals surface area contributed by atoms with Gasteiger partial charge < -0.3 is 9.47 Å². The first kappa shape index (κ1) is 10.6. The molecule has 0 aliphatic rings. The topological polar surface area (TPSA) is 35.5 Å². The minimum absolute atomic E-state index is 0.283. The van der Waals surface area contributed by atoms with Gasteiger partial charge in [-0.1, -0.05) is 6.92 Å². The van der Waals surface area contributed by atoms with Crippen molar-refractivity contribution >= 4 is 5.97 Å². The van der Waals surface area contributed by atoms with Gasteiger partial charge in [-0.05, 0) is 30.7 Å². The summed E-state index contributed by atoms with van der Waals surface area (Å²) in [6, 6.07) is 6.86. The van der Waals surface area contributed by atoms with Gasteiger partial charge in [0.25, 0.3) is 0 Å². The smallest absolute Gasteiger partial charge is 0.338 e. The van der Waals surface area contributed by atoms with E-state index in [1.54, 1.807) is 31.4 Å². The second-order valence-corrected chi connectivity index (χ2v) is 2.86. The van der Waals surface area contributed by atoms with E-state index in [0.29, 0.717) is 12.2 Å². The van der Waals surface area contributed by atoms with Gasteiger partial charge in [-0.3, -0.25) is 0 Å². The van der Waals surface area contributed by atoms with Crippen LogP contribution in [0.1, 0.15) is 23.7 Å². The fourth-order valence-electron chi connectivity index (χ4n) is 1.01. The summed E-state index contributed by atoms with van der Waals surface area (Å²) in [5.74, 6) is 0.451. The molecule has 0 radical (unpaired) electrons. The lowest BCUT2D eigenvalue weighted by Crippen LogP contribution is -2.05. The van der Waals surface area contributed by atoms with E-state index in [-0.39, 0.29) is 5.97 Å². The van der Waals surface area contributed by atoms with Gasteiger partial charge in [-0.2, -0.15) is 0 Å². The fraction of sp³-hybridized carbons (Fsp3) is 0.364. The third kappa shape index (κ3) is 2.76. The molecule has 0 aromatic heterocycles. The molecule has 1 aromatic rings. The van der Waals surface area contributed by atoms with Gasteiger partial charge in [-0.15, -0.1) is 0 Å². The standard InChI is InChI=1S/C11H14O3/c1-3-8-14-11(12)9-4-6-10(13-2)7-5-9/h4-7H,3,8H2,1-2H3. The third-order valence-corrected chi connectivity index (χ3v) is 1.76. The third-order valence-electron chi connectivity index (χ3n) is 1.76. The van der Waals surface area contributed by atoms with Gasteiger partial charge in [0.05, 0.1) is 19.3 Å². The monoisotopic (exact) mass is 194 g/mol. The van der Waals surface area contributed by atoms with Crippen molar-refractivity contribution in [3.63, 3.8) is 0 Å². The molecule has 0 saturated carbocycles. The number of hydrogen-bond acceptors (Lipinski definition) is 3. The molecule has 3 heteroatoms. The lowest BCUT2D eigenvalue weighted by molar-refractivity contribution is 0.0505. The minimum Gasteiger partial charge on any atom is -0.497 e. The Labute approximate surface area is 83.6 Å². The zero-order valence-corrected chi connectivity index (χ0v) is 8.45. The molecule has 0 fully saturated rings. The number of methoxy groups -OCH3 is 1. The van der Waals surface area contributed by atoms with E-state index in [1.807, 2.05) is 6.92 Å². The predicted molar refractivity (Wildman–Crippen MR) is 53.6 cm³/mol. The molecule has 0 aliphatic carbocycles. The van der Waals surface area contributed by atoms with Crippen molar-refractivity contribution in [3.8, 4) is 5.75 Å². The molecule has 14 heavy (non-hydrogen) atoms. The van der Waals surface area contributed by atoms with Gasteiger partial charge in [0, 0.05) is 0 Å². The first-order chi connectivity index (χ1) is 6.77. The number of esters is 1. The van der Waals surface area contributed by atoms with Crippen LogP contribution in [0.5, 0.6) is 5.75 Å². The lowest BCUT2D eigenvalue weighted by atomic mass is 10.2. The maximum absolute atomic E-state index is 11.3. The van der Waals surface area contributed by atoms with E-state index in [2.05, 4.69) is 0 Å². The largest absolute Gasteiger partial charge is 0.497 e. The molecular formula is C11H14O3. The van der Waals surface area contributed by atoms with Crippen molar-refractivity contribution in [2.24, 2.45) is 0 Å². The molecule has 0 unspecified atom stereocenters. The summed E-state index contributed by atoms with van der Waals surface area (Å²) in [4.78, 5) is 11.3. The van der Waals surface area contributed by atoms with Crippen LogP contribution >= 0.6 is 0 Å². The number of hydrogen-bond donors (Lipinski definition) is 0. The van der Waals surface area contributed by atoms with E-state index in [0.717, 1.165) is 12.2 Å². The van der Waals surface area contributed by atoms with E-state index in [9.17, 15) is 4.79 Å². The summed E-state index contributed by atoms with van der Waals surface area (Å²) < 4.78 is 9.95. The molecule has 0 N–H and O–H groups in total. The normalized spacial score (nSPS) is 9.57. The molecule has 0 amide bonds. The van der Waals surface area contributed by atoms with E-state index in [4.69, 9.17) is 9.47 Å². The summed E-state index contributed by atoms with van der Waals surface area (Å²) in [6.07, 6.45) is 0.835. The Morgan fingerprint density at radius 2 is 1.93 bits per heavy atom. The maximum atomic E-state index is 11.3. The molecule has 76 valence electrons. The van der Waals surface area contributed by atoms with Crippen LogP contribution in [0.3, 0.4) is 0 Å². The quantitative estimate of drug-likeness (QED) is 0.690. The average molecular weight is 194 g/mol. The zero-order chi connectivity index (χ0) is 10.4. The molecule has 0 heterocycles. The predicted octanol–water partition coefficient (Wildman–Crippen LogP) is 2.26. The first-order valence-corrected chi connectivity index (χ1v) is 4.59. The van der Waals surface area contributed by atoms with Crippen LogP contribution in [-0.4, -0.2) is 19.7 Å². The van der Waals surface area contributed by atoms with Gasteiger partial charge in [0.1, 0.15) is 5.75 Å². The number of ether oxygens (including phenoxy) is 2. The summed E-state index contributed by atoms with van der Waals surface area (Å²) in [7, 11) is 1.59. The Balaban J connectivity index is 2.62. The average Bonchev–Trinajstić information content (AvgIpc) is 2.26. The van der Waals surface area contributed by atoms with Crippen molar-refractivity contribution in [3.05, 3.63) is 29.8 Å². The second-order valence-electron chi connectivity index (χ2n) is 2.86. The Hall–Kier alpha value is -1.51. The van der Waals surface area contributed by atoms with Crippen molar-refractivity contribution in [1.82, 2.24) is 0 Å². The number of rotatable bonds is 4. The van der Waals surface area contributed by atoms with Gasteiger partial charge >= 0.3 is 5.97 Å². The Kier molecular flexibility index (Phi) is 3.98. The number of carbonyl (C=O) groups excluding carboxylic acids is 1. The molecule has 1 aromatic carbocycles. The van der Waals surface area contributed by atoms with Crippen molar-refractivity contribution in [2.75, 3.05) is 13.7 Å². The van der Waals surface area contributed by atoms with Crippen molar-refractivity contribution in [2.45, 2.75) is 13.3 Å². The highest BCUT2D eigenvalue weighted by atomic mass is 16.5. The maximum Gasteiger partial charge on any atom is 0.338 e. The van der Waals surface area contributed by atoms with Gasteiger partial charge in [0.15, 0.2) is 0 Å². The summed E-state index contributed by atoms with van der Waals surface area (Å²) in [6.45, 7) is 2.42. The van der Waals surface area contributed by atoms with Crippen LogP contribution in [0.4, 0.5) is 0 Å². The first-order valence-electron chi connectivity index (χ1n) is 4.59. The molecular weight excluding hydrogens is 180 g/mol. The molecule has 0 bridgehead atoms. The van der Waals surface area contributed by atoms with E-state index < -0.39 is 0 Å².